The van der Waals surface area contributed by atoms with E-state index < -0.39 is 6.10 Å². The number of halogens is 1. The molecule has 2 aliphatic rings. The van der Waals surface area contributed by atoms with E-state index in [1.54, 1.807) is 5.23 Å². The van der Waals surface area contributed by atoms with Gasteiger partial charge in [-0.05, 0) is 25.8 Å². The van der Waals surface area contributed by atoms with Crippen molar-refractivity contribution in [1.29, 1.82) is 0 Å². The van der Waals surface area contributed by atoms with Gasteiger partial charge >= 0.3 is 5.97 Å². The van der Waals surface area contributed by atoms with E-state index >= 15 is 0 Å². The maximum Gasteiger partial charge on any atom is 0.337 e. The van der Waals surface area contributed by atoms with Crippen LogP contribution in [0.5, 0.6) is 0 Å². The molecule has 1 aromatic carbocycles. The first-order chi connectivity index (χ1) is 10.9. The number of hydroxylamine groups is 2. The van der Waals surface area contributed by atoms with Crippen LogP contribution in [0, 0.1) is 0 Å². The second-order valence-corrected chi connectivity index (χ2v) is 7.60. The Morgan fingerprint density at radius 2 is 2.04 bits per heavy atom. The van der Waals surface area contributed by atoms with Crippen LogP contribution in [0.3, 0.4) is 0 Å². The Bertz CT molecular complexity index is 579. The zero-order chi connectivity index (χ0) is 16.7. The fourth-order valence-electron chi connectivity index (χ4n) is 3.55. The van der Waals surface area contributed by atoms with Crippen molar-refractivity contribution in [1.82, 2.24) is 5.23 Å². The number of benzene rings is 1. The second-order valence-electron chi connectivity index (χ2n) is 6.83. The van der Waals surface area contributed by atoms with Crippen molar-refractivity contribution in [3.8, 4) is 0 Å². The summed E-state index contributed by atoms with van der Waals surface area (Å²) in [5, 5.41) is 1.59. The maximum atomic E-state index is 12.0. The average molecular weight is 431 g/mol. The number of methoxy groups -OCH3 is 1. The van der Waals surface area contributed by atoms with Gasteiger partial charge in [0.1, 0.15) is 0 Å². The summed E-state index contributed by atoms with van der Waals surface area (Å²) in [6.07, 6.45) is 0.821. The first-order valence-corrected chi connectivity index (χ1v) is 9.29. The number of carbonyl (C=O) groups is 1. The van der Waals surface area contributed by atoms with Gasteiger partial charge in [0.2, 0.25) is 0 Å². The molecule has 2 heterocycles. The molecule has 0 saturated carbocycles. The van der Waals surface area contributed by atoms with Crippen LogP contribution in [-0.4, -0.2) is 40.0 Å². The summed E-state index contributed by atoms with van der Waals surface area (Å²) in [5.74, 6) is -0.129. The van der Waals surface area contributed by atoms with E-state index in [0.29, 0.717) is 6.42 Å². The largest absolute Gasteiger partial charge is 0.467 e. The Hall–Kier alpha value is -0.700. The minimum atomic E-state index is -0.616. The highest BCUT2D eigenvalue weighted by Crippen LogP contribution is 2.52. The Labute approximate surface area is 150 Å². The minimum absolute atomic E-state index is 0.221. The number of alkyl halides is 1. The maximum absolute atomic E-state index is 12.0. The predicted octanol–water partition coefficient (Wildman–Crippen LogP) is 3.24. The van der Waals surface area contributed by atoms with Crippen LogP contribution in [0.1, 0.15) is 38.2 Å². The van der Waals surface area contributed by atoms with Gasteiger partial charge in [-0.15, -0.1) is 0 Å². The summed E-state index contributed by atoms with van der Waals surface area (Å²) >= 11 is 2.36. The van der Waals surface area contributed by atoms with Gasteiger partial charge in [0, 0.05) is 16.8 Å². The number of nitrogens with zero attached hydrogens (tertiary/aromatic N) is 1. The van der Waals surface area contributed by atoms with Crippen molar-refractivity contribution in [2.45, 2.75) is 49.9 Å². The van der Waals surface area contributed by atoms with E-state index in [4.69, 9.17) is 14.4 Å². The SMILES string of the molecule is COC(=O)[C@H]1C[C@@]2(CI)[C@@H](c3ccccc3)CC(C)(C)ON2O1. The lowest BCUT2D eigenvalue weighted by molar-refractivity contribution is -0.439. The van der Waals surface area contributed by atoms with Crippen LogP contribution in [0.25, 0.3) is 0 Å². The third-order valence-corrected chi connectivity index (χ3v) is 6.02. The summed E-state index contributed by atoms with van der Waals surface area (Å²) in [7, 11) is 1.39. The summed E-state index contributed by atoms with van der Waals surface area (Å²) in [6.45, 7) is 4.10. The number of rotatable bonds is 3. The van der Waals surface area contributed by atoms with Crippen LogP contribution in [0.4, 0.5) is 0 Å². The molecule has 0 aromatic heterocycles. The molecule has 2 aliphatic heterocycles. The molecule has 3 rings (SSSR count). The quantitative estimate of drug-likeness (QED) is 0.418. The molecule has 6 heteroatoms. The summed E-state index contributed by atoms with van der Waals surface area (Å²) in [4.78, 5) is 23.9. The van der Waals surface area contributed by atoms with Gasteiger partial charge in [-0.3, -0.25) is 9.68 Å². The molecule has 23 heavy (non-hydrogen) atoms. The summed E-state index contributed by atoms with van der Waals surface area (Å²) < 4.78 is 5.67. The van der Waals surface area contributed by atoms with Crippen LogP contribution >= 0.6 is 22.6 Å². The van der Waals surface area contributed by atoms with Gasteiger partial charge in [-0.25, -0.2) is 4.79 Å². The van der Waals surface area contributed by atoms with E-state index in [-0.39, 0.29) is 23.0 Å². The van der Waals surface area contributed by atoms with E-state index in [9.17, 15) is 4.79 Å². The van der Waals surface area contributed by atoms with Gasteiger partial charge in [-0.1, -0.05) is 58.1 Å². The molecule has 0 bridgehead atoms. The molecule has 0 amide bonds. The van der Waals surface area contributed by atoms with Gasteiger partial charge in [-0.2, -0.15) is 0 Å². The zero-order valence-electron chi connectivity index (χ0n) is 13.6. The fraction of sp³-hybridized carbons (Fsp3) is 0.588. The van der Waals surface area contributed by atoms with Gasteiger partial charge in [0.05, 0.1) is 18.2 Å². The minimum Gasteiger partial charge on any atom is -0.467 e. The van der Waals surface area contributed by atoms with E-state index in [1.807, 2.05) is 6.07 Å². The molecule has 2 fully saturated rings. The number of fused-ring (bicyclic) bond motifs is 1. The molecule has 0 aliphatic carbocycles. The average Bonchev–Trinajstić information content (AvgIpc) is 2.92. The van der Waals surface area contributed by atoms with Crippen molar-refractivity contribution in [2.75, 3.05) is 11.5 Å². The third kappa shape index (κ3) is 3.01. The zero-order valence-corrected chi connectivity index (χ0v) is 15.8. The Morgan fingerprint density at radius 1 is 1.35 bits per heavy atom. The van der Waals surface area contributed by atoms with Crippen LogP contribution in [-0.2, 0) is 19.2 Å². The standard InChI is InChI=1S/C17H22INO4/c1-16(2)9-13(12-7-5-4-6-8-12)17(11-18)10-14(15(20)21-3)22-19(17)23-16/h4-8,13-14H,9-11H2,1-3H3/t13-,14-,17-/m1/s1. The molecule has 0 unspecified atom stereocenters. The predicted molar refractivity (Wildman–Crippen MR) is 93.9 cm³/mol. The molecule has 0 radical (unpaired) electrons. The normalized spacial score (nSPS) is 33.2. The molecule has 3 atom stereocenters. The summed E-state index contributed by atoms with van der Waals surface area (Å²) in [6, 6.07) is 10.4. The third-order valence-electron chi connectivity index (χ3n) is 4.70. The molecule has 5 nitrogen and oxygen atoms in total. The van der Waals surface area contributed by atoms with Crippen molar-refractivity contribution in [2.24, 2.45) is 0 Å². The van der Waals surface area contributed by atoms with Crippen molar-refractivity contribution >= 4 is 28.6 Å². The van der Waals surface area contributed by atoms with Crippen molar-refractivity contribution in [3.63, 3.8) is 0 Å². The molecular formula is C17H22INO4. The molecule has 1 aromatic rings. The second kappa shape index (κ2) is 6.31. The molecule has 126 valence electrons. The van der Waals surface area contributed by atoms with Crippen LogP contribution < -0.4 is 0 Å². The van der Waals surface area contributed by atoms with E-state index in [1.165, 1.54) is 12.7 Å². The smallest absolute Gasteiger partial charge is 0.337 e. The number of ether oxygens (including phenoxy) is 1. The number of esters is 1. The highest BCUT2D eigenvalue weighted by atomic mass is 127. The Balaban J connectivity index is 2.01. The topological polar surface area (TPSA) is 48.0 Å². The van der Waals surface area contributed by atoms with Crippen LogP contribution in [0.15, 0.2) is 30.3 Å². The highest BCUT2D eigenvalue weighted by molar-refractivity contribution is 14.1. The lowest BCUT2D eigenvalue weighted by Gasteiger charge is -2.50. The van der Waals surface area contributed by atoms with Gasteiger partial charge < -0.3 is 4.74 Å². The lowest BCUT2D eigenvalue weighted by atomic mass is 9.72. The van der Waals surface area contributed by atoms with Gasteiger partial charge in [0.15, 0.2) is 6.10 Å². The molecule has 2 saturated heterocycles. The number of hydrogen-bond acceptors (Lipinski definition) is 5. The molecule has 0 spiro atoms. The highest BCUT2D eigenvalue weighted by Gasteiger charge is 2.60. The monoisotopic (exact) mass is 431 g/mol. The van der Waals surface area contributed by atoms with Crippen molar-refractivity contribution in [3.05, 3.63) is 35.9 Å². The number of carbonyl (C=O) groups excluding carboxylic acids is 1. The Morgan fingerprint density at radius 3 is 2.65 bits per heavy atom. The summed E-state index contributed by atoms with van der Waals surface area (Å²) in [5.41, 5.74) is 0.525. The first kappa shape index (κ1) is 17.1. The fourth-order valence-corrected chi connectivity index (χ4v) is 4.67. The van der Waals surface area contributed by atoms with Crippen molar-refractivity contribution < 1.29 is 19.2 Å². The van der Waals surface area contributed by atoms with Gasteiger partial charge in [0.25, 0.3) is 0 Å². The van der Waals surface area contributed by atoms with Crippen LogP contribution in [0.2, 0.25) is 0 Å². The number of hydrogen-bond donors (Lipinski definition) is 0. The Kier molecular flexibility index (Phi) is 4.70. The van der Waals surface area contributed by atoms with E-state index in [0.717, 1.165) is 10.8 Å². The first-order valence-electron chi connectivity index (χ1n) is 7.77. The lowest BCUT2D eigenvalue weighted by Crippen LogP contribution is -2.58. The van der Waals surface area contributed by atoms with E-state index in [2.05, 4.69) is 60.7 Å². The molecule has 0 N–H and O–H groups in total. The molecular weight excluding hydrogens is 409 g/mol.